The van der Waals surface area contributed by atoms with Gasteiger partial charge in [0.25, 0.3) is 5.89 Å². The van der Waals surface area contributed by atoms with E-state index in [1.54, 1.807) is 23.6 Å². The van der Waals surface area contributed by atoms with Crippen LogP contribution in [0.15, 0.2) is 50.4 Å². The summed E-state index contributed by atoms with van der Waals surface area (Å²) in [5.41, 5.74) is 0.935. The highest BCUT2D eigenvalue weighted by molar-refractivity contribution is 7.17. The van der Waals surface area contributed by atoms with Crippen LogP contribution < -0.4 is 5.43 Å². The molecule has 4 rings (SSSR count). The molecule has 0 spiro atoms. The topological polar surface area (TPSA) is 60.9 Å². The van der Waals surface area contributed by atoms with Gasteiger partial charge in [-0.05, 0) is 22.9 Å². The Morgan fingerprint density at radius 2 is 2.10 bits per heavy atom. The molecule has 0 saturated heterocycles. The van der Waals surface area contributed by atoms with Gasteiger partial charge in [0.15, 0.2) is 5.43 Å². The maximum absolute atomic E-state index is 11.8. The Bertz CT molecular complexity index is 950. The molecule has 4 heterocycles. The molecule has 0 amide bonds. The van der Waals surface area contributed by atoms with E-state index in [9.17, 15) is 4.79 Å². The molecule has 0 bridgehead atoms. The summed E-state index contributed by atoms with van der Waals surface area (Å²) in [5, 5.41) is 12.0. The maximum Gasteiger partial charge on any atom is 0.257 e. The minimum atomic E-state index is 0.0426. The largest absolute Gasteiger partial charge is 0.418 e. The number of rotatable bonds is 3. The van der Waals surface area contributed by atoms with E-state index in [-0.39, 0.29) is 5.43 Å². The fraction of sp³-hybridized carbons (Fsp3) is 0.0714. The summed E-state index contributed by atoms with van der Waals surface area (Å²) in [6, 6.07) is 7.38. The molecule has 0 aliphatic carbocycles. The predicted molar refractivity (Wildman–Crippen MR) is 82.8 cm³/mol. The molecule has 4 aromatic rings. The van der Waals surface area contributed by atoms with Crippen molar-refractivity contribution in [1.82, 2.24) is 14.8 Å². The zero-order valence-corrected chi connectivity index (χ0v) is 12.4. The van der Waals surface area contributed by atoms with Crippen LogP contribution in [0.5, 0.6) is 0 Å². The number of nitrogens with zero attached hydrogens (tertiary/aromatic N) is 3. The first-order valence-electron chi connectivity index (χ1n) is 6.24. The zero-order chi connectivity index (χ0) is 14.2. The summed E-state index contributed by atoms with van der Waals surface area (Å²) in [6.45, 7) is 0.450. The highest BCUT2D eigenvalue weighted by Gasteiger charge is 2.11. The van der Waals surface area contributed by atoms with E-state index >= 15 is 0 Å². The Hall–Kier alpha value is -2.25. The van der Waals surface area contributed by atoms with Crippen LogP contribution in [0.3, 0.4) is 0 Å². The summed E-state index contributed by atoms with van der Waals surface area (Å²) in [5.74, 6) is 1.05. The van der Waals surface area contributed by atoms with Crippen LogP contribution in [0.4, 0.5) is 0 Å². The minimum Gasteiger partial charge on any atom is -0.418 e. The molecule has 4 aromatic heterocycles. The second-order valence-corrected chi connectivity index (χ2v) is 6.28. The van der Waals surface area contributed by atoms with Crippen molar-refractivity contribution < 1.29 is 4.42 Å². The van der Waals surface area contributed by atoms with Crippen LogP contribution >= 0.6 is 22.7 Å². The number of pyridine rings is 1. The molecule has 0 N–H and O–H groups in total. The first-order valence-corrected chi connectivity index (χ1v) is 8.00. The van der Waals surface area contributed by atoms with E-state index in [0.29, 0.717) is 18.3 Å². The van der Waals surface area contributed by atoms with Gasteiger partial charge in [0.05, 0.1) is 15.1 Å². The second-order valence-electron chi connectivity index (χ2n) is 4.42. The Morgan fingerprint density at radius 1 is 1.14 bits per heavy atom. The average molecular weight is 315 g/mol. The molecule has 5 nitrogen and oxygen atoms in total. The van der Waals surface area contributed by atoms with Crippen molar-refractivity contribution in [2.45, 2.75) is 6.54 Å². The lowest BCUT2D eigenvalue weighted by atomic mass is 10.3. The molecule has 0 aliphatic rings. The number of hydrogen-bond donors (Lipinski definition) is 0. The molecule has 0 fully saturated rings. The van der Waals surface area contributed by atoms with Gasteiger partial charge in [-0.25, -0.2) is 0 Å². The zero-order valence-electron chi connectivity index (χ0n) is 10.7. The fourth-order valence-electron chi connectivity index (χ4n) is 2.13. The third-order valence-electron chi connectivity index (χ3n) is 3.09. The van der Waals surface area contributed by atoms with Gasteiger partial charge in [0.2, 0.25) is 5.89 Å². The third kappa shape index (κ3) is 2.20. The molecule has 0 aromatic carbocycles. The van der Waals surface area contributed by atoms with Gasteiger partial charge >= 0.3 is 0 Å². The number of aromatic nitrogens is 3. The lowest BCUT2D eigenvalue weighted by molar-refractivity contribution is 0.492. The van der Waals surface area contributed by atoms with Crippen LogP contribution in [-0.4, -0.2) is 14.8 Å². The Balaban J connectivity index is 1.71. The highest BCUT2D eigenvalue weighted by atomic mass is 32.1. The molecule has 0 radical (unpaired) electrons. The lowest BCUT2D eigenvalue weighted by Crippen LogP contribution is -2.06. The summed E-state index contributed by atoms with van der Waals surface area (Å²) < 4.78 is 8.37. The standard InChI is InChI=1S/C14H9N3O2S2/c18-10-3-5-17(9-4-7-21-13(9)10)8-12-15-16-14(19-12)11-2-1-6-20-11/h1-7H,8H2. The molecule has 0 unspecified atom stereocenters. The van der Waals surface area contributed by atoms with Gasteiger partial charge < -0.3 is 8.98 Å². The van der Waals surface area contributed by atoms with Gasteiger partial charge in [-0.2, -0.15) is 0 Å². The molecular formula is C14H9N3O2S2. The Kier molecular flexibility index (Phi) is 2.94. The van der Waals surface area contributed by atoms with Crippen LogP contribution in [0.2, 0.25) is 0 Å². The highest BCUT2D eigenvalue weighted by Crippen LogP contribution is 2.24. The van der Waals surface area contributed by atoms with Crippen LogP contribution in [0.1, 0.15) is 5.89 Å². The van der Waals surface area contributed by atoms with E-state index in [4.69, 9.17) is 4.42 Å². The molecule has 7 heteroatoms. The first kappa shape index (κ1) is 12.5. The average Bonchev–Trinajstić information content (AvgIpc) is 3.22. The van der Waals surface area contributed by atoms with Crippen LogP contribution in [0, 0.1) is 0 Å². The number of hydrogen-bond acceptors (Lipinski definition) is 6. The van der Waals surface area contributed by atoms with E-state index in [1.807, 2.05) is 33.5 Å². The van der Waals surface area contributed by atoms with Crippen molar-refractivity contribution in [3.63, 3.8) is 0 Å². The van der Waals surface area contributed by atoms with Crippen molar-refractivity contribution in [1.29, 1.82) is 0 Å². The van der Waals surface area contributed by atoms with E-state index in [1.165, 1.54) is 11.3 Å². The van der Waals surface area contributed by atoms with Crippen LogP contribution in [-0.2, 0) is 6.54 Å². The predicted octanol–water partition coefficient (Wildman–Crippen LogP) is 3.22. The Morgan fingerprint density at radius 3 is 2.95 bits per heavy atom. The smallest absolute Gasteiger partial charge is 0.257 e. The van der Waals surface area contributed by atoms with Gasteiger partial charge in [-0.1, -0.05) is 6.07 Å². The van der Waals surface area contributed by atoms with E-state index < -0.39 is 0 Å². The van der Waals surface area contributed by atoms with E-state index in [0.717, 1.165) is 15.1 Å². The number of thiophene rings is 2. The summed E-state index contributed by atoms with van der Waals surface area (Å²) >= 11 is 3.00. The van der Waals surface area contributed by atoms with Gasteiger partial charge in [0.1, 0.15) is 6.54 Å². The third-order valence-corrected chi connectivity index (χ3v) is 4.86. The Labute approximate surface area is 127 Å². The van der Waals surface area contributed by atoms with Crippen molar-refractivity contribution >= 4 is 32.9 Å². The van der Waals surface area contributed by atoms with Gasteiger partial charge in [-0.15, -0.1) is 32.9 Å². The quantitative estimate of drug-likeness (QED) is 0.582. The van der Waals surface area contributed by atoms with Gasteiger partial charge in [-0.3, -0.25) is 4.79 Å². The molecule has 0 atom stereocenters. The van der Waals surface area contributed by atoms with Crippen molar-refractivity contribution in [3.8, 4) is 10.8 Å². The van der Waals surface area contributed by atoms with Crippen molar-refractivity contribution in [2.24, 2.45) is 0 Å². The van der Waals surface area contributed by atoms with E-state index in [2.05, 4.69) is 10.2 Å². The maximum atomic E-state index is 11.8. The normalized spacial score (nSPS) is 11.2. The fourth-order valence-corrected chi connectivity index (χ4v) is 3.60. The lowest BCUT2D eigenvalue weighted by Gasteiger charge is -2.04. The molecule has 0 aliphatic heterocycles. The minimum absolute atomic E-state index is 0.0426. The number of fused-ring (bicyclic) bond motifs is 1. The monoisotopic (exact) mass is 315 g/mol. The SMILES string of the molecule is O=c1ccn(Cc2nnc(-c3cccs3)o2)c2ccsc12. The summed E-state index contributed by atoms with van der Waals surface area (Å²) in [4.78, 5) is 12.7. The summed E-state index contributed by atoms with van der Waals surface area (Å²) in [7, 11) is 0. The van der Waals surface area contributed by atoms with Crippen molar-refractivity contribution in [2.75, 3.05) is 0 Å². The molecule has 21 heavy (non-hydrogen) atoms. The van der Waals surface area contributed by atoms with Crippen LogP contribution in [0.25, 0.3) is 21.0 Å². The summed E-state index contributed by atoms with van der Waals surface area (Å²) in [6.07, 6.45) is 1.76. The van der Waals surface area contributed by atoms with Gasteiger partial charge in [0, 0.05) is 12.3 Å². The van der Waals surface area contributed by atoms with Crippen molar-refractivity contribution in [3.05, 3.63) is 57.3 Å². The molecular weight excluding hydrogens is 306 g/mol. The molecule has 0 saturated carbocycles. The second kappa shape index (κ2) is 4.94. The first-order chi connectivity index (χ1) is 10.3. The molecule has 104 valence electrons.